The minimum Gasteiger partial charge on any atom is -0.384 e. The first-order valence-corrected chi connectivity index (χ1v) is 7.94. The molecule has 132 valence electrons. The minimum absolute atomic E-state index is 0.00840. The molecule has 1 aromatic heterocycles. The number of hydrogen-bond donors (Lipinski definition) is 3. The zero-order chi connectivity index (χ0) is 18.4. The van der Waals surface area contributed by atoms with E-state index in [4.69, 9.17) is 15.9 Å². The topological polar surface area (TPSA) is 110 Å². The fraction of sp³-hybridized carbons (Fsp3) is 0.278. The van der Waals surface area contributed by atoms with Gasteiger partial charge in [0.05, 0.1) is 0 Å². The van der Waals surface area contributed by atoms with Crippen LogP contribution in [0.5, 0.6) is 0 Å². The van der Waals surface area contributed by atoms with Gasteiger partial charge in [-0.15, -0.1) is 0 Å². The van der Waals surface area contributed by atoms with Gasteiger partial charge in [-0.2, -0.15) is 0 Å². The summed E-state index contributed by atoms with van der Waals surface area (Å²) in [5.41, 5.74) is 7.24. The normalized spacial score (nSPS) is 11.8. The third-order valence-corrected chi connectivity index (χ3v) is 3.71. The summed E-state index contributed by atoms with van der Waals surface area (Å²) in [7, 11) is 0. The van der Waals surface area contributed by atoms with Crippen LogP contribution in [0.4, 0.5) is 0 Å². The molecule has 0 fully saturated rings. The smallest absolute Gasteiger partial charge is 0.270 e. The van der Waals surface area contributed by atoms with Crippen molar-refractivity contribution in [3.8, 4) is 0 Å². The van der Waals surface area contributed by atoms with Crippen LogP contribution in [0.3, 0.4) is 0 Å². The van der Waals surface area contributed by atoms with Crippen molar-refractivity contribution in [3.05, 3.63) is 69.6 Å². The van der Waals surface area contributed by atoms with E-state index in [-0.39, 0.29) is 17.9 Å². The molecule has 0 saturated carbocycles. The number of hydrogen-bond acceptors (Lipinski definition) is 4. The molecule has 0 aliphatic rings. The van der Waals surface area contributed by atoms with Crippen LogP contribution >= 0.6 is 0 Å². The van der Waals surface area contributed by atoms with E-state index in [1.165, 1.54) is 10.6 Å². The third kappa shape index (κ3) is 4.54. The summed E-state index contributed by atoms with van der Waals surface area (Å²) < 4.78 is 6.83. The molecule has 4 N–H and O–H groups in total. The molecule has 0 aliphatic carbocycles. The summed E-state index contributed by atoms with van der Waals surface area (Å²) in [6.07, 6.45) is -1.02. The number of ether oxygens (including phenoxy) is 1. The molecule has 25 heavy (non-hydrogen) atoms. The van der Waals surface area contributed by atoms with Crippen molar-refractivity contribution < 1.29 is 9.53 Å². The highest BCUT2D eigenvalue weighted by molar-refractivity contribution is 5.94. The average Bonchev–Trinajstić information content (AvgIpc) is 2.59. The number of pyridine rings is 1. The summed E-state index contributed by atoms with van der Waals surface area (Å²) in [6, 6.07) is 11.8. The van der Waals surface area contributed by atoms with E-state index in [0.717, 1.165) is 5.56 Å². The van der Waals surface area contributed by atoms with Crippen LogP contribution in [0.1, 0.15) is 30.0 Å². The van der Waals surface area contributed by atoms with Gasteiger partial charge in [0, 0.05) is 30.5 Å². The lowest BCUT2D eigenvalue weighted by atomic mass is 10.1. The van der Waals surface area contributed by atoms with E-state index in [2.05, 4.69) is 5.32 Å². The first-order valence-electron chi connectivity index (χ1n) is 7.94. The van der Waals surface area contributed by atoms with E-state index < -0.39 is 12.1 Å². The van der Waals surface area contributed by atoms with Gasteiger partial charge in [-0.05, 0) is 25.5 Å². The number of rotatable bonds is 7. The SMILES string of the molecule is CCOC(C(=O)NCc1ccc(C(=N)N)cc1)n1c(C)cccc1=O. The Balaban J connectivity index is 2.13. The van der Waals surface area contributed by atoms with E-state index in [1.807, 2.05) is 0 Å². The Morgan fingerprint density at radius 1 is 1.28 bits per heavy atom. The van der Waals surface area contributed by atoms with E-state index in [9.17, 15) is 9.59 Å². The maximum Gasteiger partial charge on any atom is 0.270 e. The number of aryl methyl sites for hydroxylation is 1. The maximum absolute atomic E-state index is 12.5. The standard InChI is InChI=1S/C18H22N4O3/c1-3-25-18(22-12(2)5-4-6-15(22)23)17(24)21-11-13-7-9-14(10-8-13)16(19)20/h4-10,18H,3,11H2,1-2H3,(H3,19,20)(H,21,24). The fourth-order valence-electron chi connectivity index (χ4n) is 2.41. The zero-order valence-electron chi connectivity index (χ0n) is 14.3. The highest BCUT2D eigenvalue weighted by Gasteiger charge is 2.22. The second kappa shape index (κ2) is 8.25. The number of benzene rings is 1. The number of amides is 1. The van der Waals surface area contributed by atoms with Gasteiger partial charge in [0.25, 0.3) is 11.5 Å². The lowest BCUT2D eigenvalue weighted by Crippen LogP contribution is -2.39. The number of nitrogens with two attached hydrogens (primary N) is 1. The van der Waals surface area contributed by atoms with Crippen molar-refractivity contribution in [2.75, 3.05) is 6.61 Å². The molecule has 7 nitrogen and oxygen atoms in total. The monoisotopic (exact) mass is 342 g/mol. The molecular weight excluding hydrogens is 320 g/mol. The molecule has 1 unspecified atom stereocenters. The van der Waals surface area contributed by atoms with Crippen LogP contribution in [0.15, 0.2) is 47.3 Å². The van der Waals surface area contributed by atoms with Crippen molar-refractivity contribution >= 4 is 11.7 Å². The summed E-state index contributed by atoms with van der Waals surface area (Å²) >= 11 is 0. The van der Waals surface area contributed by atoms with Crippen LogP contribution in [-0.2, 0) is 16.1 Å². The molecule has 1 amide bonds. The van der Waals surface area contributed by atoms with Gasteiger partial charge < -0.3 is 15.8 Å². The van der Waals surface area contributed by atoms with Gasteiger partial charge >= 0.3 is 0 Å². The average molecular weight is 342 g/mol. The number of nitrogen functional groups attached to an aromatic ring is 1. The predicted molar refractivity (Wildman–Crippen MR) is 95.4 cm³/mol. The highest BCUT2D eigenvalue weighted by atomic mass is 16.5. The Hall–Kier alpha value is -2.93. The second-order valence-electron chi connectivity index (χ2n) is 5.51. The fourth-order valence-corrected chi connectivity index (χ4v) is 2.41. The first kappa shape index (κ1) is 18.4. The van der Waals surface area contributed by atoms with E-state index >= 15 is 0 Å². The molecule has 1 heterocycles. The van der Waals surface area contributed by atoms with Crippen LogP contribution in [0.2, 0.25) is 0 Å². The van der Waals surface area contributed by atoms with Crippen molar-refractivity contribution in [1.29, 1.82) is 5.41 Å². The molecule has 1 atom stereocenters. The molecule has 1 aromatic carbocycles. The van der Waals surface area contributed by atoms with Gasteiger partial charge in [-0.25, -0.2) is 0 Å². The van der Waals surface area contributed by atoms with Gasteiger partial charge in [-0.1, -0.05) is 30.3 Å². The molecule has 0 bridgehead atoms. The largest absolute Gasteiger partial charge is 0.384 e. The predicted octanol–water partition coefficient (Wildman–Crippen LogP) is 1.29. The second-order valence-corrected chi connectivity index (χ2v) is 5.51. The molecule has 0 saturated heterocycles. The van der Waals surface area contributed by atoms with Crippen LogP contribution in [-0.4, -0.2) is 22.9 Å². The van der Waals surface area contributed by atoms with Gasteiger partial charge in [0.1, 0.15) is 5.84 Å². The first-order chi connectivity index (χ1) is 11.9. The van der Waals surface area contributed by atoms with Crippen molar-refractivity contribution in [2.45, 2.75) is 26.6 Å². The summed E-state index contributed by atoms with van der Waals surface area (Å²) in [4.78, 5) is 24.6. The number of carbonyl (C=O) groups excluding carboxylic acids is 1. The maximum atomic E-state index is 12.5. The summed E-state index contributed by atoms with van der Waals surface area (Å²) in [5, 5.41) is 10.1. The van der Waals surface area contributed by atoms with Crippen LogP contribution in [0.25, 0.3) is 0 Å². The van der Waals surface area contributed by atoms with Crippen LogP contribution < -0.4 is 16.6 Å². The molecule has 0 radical (unpaired) electrons. The number of nitrogens with zero attached hydrogens (tertiary/aromatic N) is 1. The molecule has 2 aromatic rings. The Labute approximate surface area is 145 Å². The van der Waals surface area contributed by atoms with Gasteiger partial charge in [-0.3, -0.25) is 19.6 Å². The van der Waals surface area contributed by atoms with E-state index in [1.54, 1.807) is 50.2 Å². The minimum atomic E-state index is -1.02. The molecule has 7 heteroatoms. The quantitative estimate of drug-likeness (QED) is 0.520. The molecule has 0 spiro atoms. The number of aromatic nitrogens is 1. The lowest BCUT2D eigenvalue weighted by molar-refractivity contribution is -0.139. The number of carbonyl (C=O) groups is 1. The third-order valence-electron chi connectivity index (χ3n) is 3.71. The van der Waals surface area contributed by atoms with Crippen molar-refractivity contribution in [1.82, 2.24) is 9.88 Å². The number of nitrogens with one attached hydrogen (secondary N) is 2. The molecular formula is C18H22N4O3. The van der Waals surface area contributed by atoms with E-state index in [0.29, 0.717) is 17.9 Å². The van der Waals surface area contributed by atoms with Gasteiger partial charge in [0.2, 0.25) is 6.23 Å². The van der Waals surface area contributed by atoms with Gasteiger partial charge in [0.15, 0.2) is 0 Å². The highest BCUT2D eigenvalue weighted by Crippen LogP contribution is 2.10. The van der Waals surface area contributed by atoms with Crippen LogP contribution in [0, 0.1) is 12.3 Å². The van der Waals surface area contributed by atoms with Crippen molar-refractivity contribution in [2.24, 2.45) is 5.73 Å². The lowest BCUT2D eigenvalue weighted by Gasteiger charge is -2.21. The number of amidine groups is 1. The van der Waals surface area contributed by atoms with Crippen molar-refractivity contribution in [3.63, 3.8) is 0 Å². The Morgan fingerprint density at radius 2 is 1.96 bits per heavy atom. The summed E-state index contributed by atoms with van der Waals surface area (Å²) in [5.74, 6) is -0.403. The Kier molecular flexibility index (Phi) is 6.08. The Morgan fingerprint density at radius 3 is 2.52 bits per heavy atom. The summed E-state index contributed by atoms with van der Waals surface area (Å²) in [6.45, 7) is 4.10. The Bertz CT molecular complexity index is 812. The molecule has 2 rings (SSSR count). The molecule has 0 aliphatic heterocycles. The zero-order valence-corrected chi connectivity index (χ0v) is 14.3.